The molecule has 0 aromatic rings. The van der Waals surface area contributed by atoms with Crippen molar-refractivity contribution in [2.45, 2.75) is 57.7 Å². The minimum atomic E-state index is 0.447. The van der Waals surface area contributed by atoms with Crippen LogP contribution in [0.4, 0.5) is 0 Å². The van der Waals surface area contributed by atoms with Crippen molar-refractivity contribution in [3.63, 3.8) is 0 Å². The van der Waals surface area contributed by atoms with Crippen LogP contribution in [-0.2, 0) is 4.74 Å². The first-order chi connectivity index (χ1) is 8.65. The molecule has 5 unspecified atom stereocenters. The maximum atomic E-state index is 5.58. The lowest BCUT2D eigenvalue weighted by atomic mass is 9.75. The second-order valence-electron chi connectivity index (χ2n) is 6.43. The zero-order chi connectivity index (χ0) is 13.1. The molecule has 5 atom stereocenters. The van der Waals surface area contributed by atoms with Crippen molar-refractivity contribution in [1.29, 1.82) is 0 Å². The number of hydrogen-bond donors (Lipinski definition) is 1. The molecule has 2 aliphatic rings. The van der Waals surface area contributed by atoms with Gasteiger partial charge in [-0.25, -0.2) is 0 Å². The summed E-state index contributed by atoms with van der Waals surface area (Å²) < 4.78 is 5.58. The molecule has 3 heteroatoms. The first-order valence-corrected chi connectivity index (χ1v) is 7.59. The molecule has 2 rings (SSSR count). The first-order valence-electron chi connectivity index (χ1n) is 7.59. The summed E-state index contributed by atoms with van der Waals surface area (Å²) in [5.41, 5.74) is 0. The van der Waals surface area contributed by atoms with Crippen LogP contribution in [-0.4, -0.2) is 50.3 Å². The van der Waals surface area contributed by atoms with Crippen LogP contribution in [0.3, 0.4) is 0 Å². The number of methoxy groups -OCH3 is 1. The Bertz CT molecular complexity index is 259. The van der Waals surface area contributed by atoms with Crippen molar-refractivity contribution in [2.24, 2.45) is 11.8 Å². The van der Waals surface area contributed by atoms with Gasteiger partial charge in [0.2, 0.25) is 0 Å². The predicted octanol–water partition coefficient (Wildman–Crippen LogP) is 2.12. The van der Waals surface area contributed by atoms with Crippen LogP contribution in [0.5, 0.6) is 0 Å². The van der Waals surface area contributed by atoms with Crippen molar-refractivity contribution in [1.82, 2.24) is 10.2 Å². The van der Waals surface area contributed by atoms with E-state index in [1.165, 1.54) is 32.2 Å². The fourth-order valence-electron chi connectivity index (χ4n) is 4.17. The zero-order valence-electron chi connectivity index (χ0n) is 12.5. The van der Waals surface area contributed by atoms with Crippen LogP contribution in [0.1, 0.15) is 39.5 Å². The van der Waals surface area contributed by atoms with E-state index in [0.29, 0.717) is 18.2 Å². The molecule has 1 heterocycles. The second kappa shape index (κ2) is 6.36. The Morgan fingerprint density at radius 3 is 2.67 bits per heavy atom. The largest absolute Gasteiger partial charge is 0.380 e. The minimum Gasteiger partial charge on any atom is -0.380 e. The Morgan fingerprint density at radius 1 is 1.22 bits per heavy atom. The smallest absolute Gasteiger partial charge is 0.0698 e. The third-order valence-electron chi connectivity index (χ3n) is 4.96. The lowest BCUT2D eigenvalue weighted by Gasteiger charge is -2.48. The van der Waals surface area contributed by atoms with Gasteiger partial charge in [-0.15, -0.1) is 0 Å². The Balaban J connectivity index is 2.04. The van der Waals surface area contributed by atoms with Gasteiger partial charge in [0.1, 0.15) is 0 Å². The van der Waals surface area contributed by atoms with Crippen LogP contribution in [0.2, 0.25) is 0 Å². The minimum absolute atomic E-state index is 0.447. The number of hydrogen-bond acceptors (Lipinski definition) is 3. The van der Waals surface area contributed by atoms with E-state index < -0.39 is 0 Å². The molecule has 106 valence electrons. The molecule has 0 bridgehead atoms. The maximum absolute atomic E-state index is 5.58. The van der Waals surface area contributed by atoms with Crippen molar-refractivity contribution in [2.75, 3.05) is 27.2 Å². The number of nitrogens with one attached hydrogen (secondary N) is 1. The van der Waals surface area contributed by atoms with Crippen molar-refractivity contribution >= 4 is 0 Å². The fraction of sp³-hybridized carbons (Fsp3) is 1.00. The van der Waals surface area contributed by atoms with E-state index >= 15 is 0 Å². The van der Waals surface area contributed by atoms with Gasteiger partial charge in [-0.05, 0) is 51.1 Å². The Kier molecular flexibility index (Phi) is 5.05. The van der Waals surface area contributed by atoms with Crippen molar-refractivity contribution in [3.05, 3.63) is 0 Å². The lowest BCUT2D eigenvalue weighted by Crippen LogP contribution is -2.58. The fourth-order valence-corrected chi connectivity index (χ4v) is 4.17. The molecule has 1 aliphatic carbocycles. The van der Waals surface area contributed by atoms with E-state index in [9.17, 15) is 0 Å². The summed E-state index contributed by atoms with van der Waals surface area (Å²) in [6, 6.07) is 1.35. The van der Waals surface area contributed by atoms with Crippen LogP contribution in [0.15, 0.2) is 0 Å². The number of likely N-dealkylation sites (N-methyl/N-ethyl adjacent to an activating group) is 1. The highest BCUT2D eigenvalue weighted by molar-refractivity contribution is 4.95. The molecule has 1 aliphatic heterocycles. The standard InChI is InChI=1S/C15H30N2O/c1-11-8-12(2)15(14(9-11)16-3)17-7-5-6-13(10-17)18-4/h11-16H,5-10H2,1-4H3. The van der Waals surface area contributed by atoms with Crippen LogP contribution in [0, 0.1) is 11.8 Å². The van der Waals surface area contributed by atoms with Crippen LogP contribution >= 0.6 is 0 Å². The topological polar surface area (TPSA) is 24.5 Å². The third kappa shape index (κ3) is 3.06. The van der Waals surface area contributed by atoms with E-state index in [1.807, 2.05) is 7.11 Å². The highest BCUT2D eigenvalue weighted by Crippen LogP contribution is 2.33. The summed E-state index contributed by atoms with van der Waals surface area (Å²) in [4.78, 5) is 2.69. The molecule has 0 spiro atoms. The monoisotopic (exact) mass is 254 g/mol. The van der Waals surface area contributed by atoms with E-state index in [-0.39, 0.29) is 0 Å². The van der Waals surface area contributed by atoms with Gasteiger partial charge in [0, 0.05) is 25.7 Å². The summed E-state index contributed by atoms with van der Waals surface area (Å²) in [5, 5.41) is 3.56. The molecule has 18 heavy (non-hydrogen) atoms. The van der Waals surface area contributed by atoms with Crippen molar-refractivity contribution in [3.8, 4) is 0 Å². The van der Waals surface area contributed by atoms with Gasteiger partial charge >= 0.3 is 0 Å². The molecule has 0 amide bonds. The highest BCUT2D eigenvalue weighted by atomic mass is 16.5. The first kappa shape index (κ1) is 14.3. The Labute approximate surface area is 112 Å². The molecule has 3 nitrogen and oxygen atoms in total. The van der Waals surface area contributed by atoms with E-state index in [4.69, 9.17) is 4.74 Å². The third-order valence-corrected chi connectivity index (χ3v) is 4.96. The normalized spacial score (nSPS) is 43.0. The second-order valence-corrected chi connectivity index (χ2v) is 6.43. The number of rotatable bonds is 3. The van der Waals surface area contributed by atoms with E-state index in [0.717, 1.165) is 18.4 Å². The van der Waals surface area contributed by atoms with Gasteiger partial charge in [0.15, 0.2) is 0 Å². The van der Waals surface area contributed by atoms with Gasteiger partial charge in [0.25, 0.3) is 0 Å². The summed E-state index contributed by atoms with van der Waals surface area (Å²) >= 11 is 0. The summed E-state index contributed by atoms with van der Waals surface area (Å²) in [6.07, 6.45) is 5.65. The molecule has 1 saturated heterocycles. The molecular weight excluding hydrogens is 224 g/mol. The predicted molar refractivity (Wildman–Crippen MR) is 75.8 cm³/mol. The number of piperidine rings is 1. The summed E-state index contributed by atoms with van der Waals surface area (Å²) in [6.45, 7) is 7.20. The maximum Gasteiger partial charge on any atom is 0.0698 e. The number of nitrogens with zero attached hydrogens (tertiary/aromatic N) is 1. The van der Waals surface area contributed by atoms with E-state index in [2.05, 4.69) is 31.1 Å². The van der Waals surface area contributed by atoms with Gasteiger partial charge in [0.05, 0.1) is 6.10 Å². The lowest BCUT2D eigenvalue weighted by molar-refractivity contribution is -0.0180. The quantitative estimate of drug-likeness (QED) is 0.835. The Morgan fingerprint density at radius 2 is 2.00 bits per heavy atom. The highest BCUT2D eigenvalue weighted by Gasteiger charge is 2.38. The summed E-state index contributed by atoms with van der Waals surface area (Å²) in [5.74, 6) is 1.65. The Hall–Kier alpha value is -0.120. The average molecular weight is 254 g/mol. The molecule has 1 saturated carbocycles. The molecule has 0 radical (unpaired) electrons. The SMILES string of the molecule is CNC1CC(C)CC(C)C1N1CCCC(OC)C1. The number of ether oxygens (including phenoxy) is 1. The molecule has 0 aromatic carbocycles. The van der Waals surface area contributed by atoms with Gasteiger partial charge in [-0.2, -0.15) is 0 Å². The molecule has 1 N–H and O–H groups in total. The zero-order valence-corrected chi connectivity index (χ0v) is 12.5. The van der Waals surface area contributed by atoms with Crippen LogP contribution < -0.4 is 5.32 Å². The molecule has 2 fully saturated rings. The number of likely N-dealkylation sites (tertiary alicyclic amines) is 1. The van der Waals surface area contributed by atoms with Gasteiger partial charge in [-0.1, -0.05) is 13.8 Å². The molecule has 0 aromatic heterocycles. The van der Waals surface area contributed by atoms with Crippen molar-refractivity contribution < 1.29 is 4.74 Å². The van der Waals surface area contributed by atoms with Crippen LogP contribution in [0.25, 0.3) is 0 Å². The average Bonchev–Trinajstić information content (AvgIpc) is 2.37. The molecular formula is C15H30N2O. The van der Waals surface area contributed by atoms with Gasteiger partial charge in [-0.3, -0.25) is 4.90 Å². The summed E-state index contributed by atoms with van der Waals surface area (Å²) in [7, 11) is 3.98. The van der Waals surface area contributed by atoms with E-state index in [1.54, 1.807) is 0 Å². The van der Waals surface area contributed by atoms with Gasteiger partial charge < -0.3 is 10.1 Å².